The average Bonchev–Trinajstić information content (AvgIpc) is 3.37. The second-order valence-corrected chi connectivity index (χ2v) is 12.9. The molecule has 1 fully saturated rings. The lowest BCUT2D eigenvalue weighted by molar-refractivity contribution is -0.152. The molecule has 0 aromatic rings. The third-order valence-electron chi connectivity index (χ3n) is 8.34. The molecule has 1 heterocycles. The van der Waals surface area contributed by atoms with Crippen molar-refractivity contribution in [2.45, 2.75) is 200 Å². The first kappa shape index (κ1) is 46.4. The number of carbonyl (C=O) groups is 3. The molecule has 1 unspecified atom stereocenters. The van der Waals surface area contributed by atoms with Crippen LogP contribution in [0.4, 0.5) is 0 Å². The molecule has 1 atom stereocenters. The maximum absolute atomic E-state index is 11.2. The van der Waals surface area contributed by atoms with Crippen molar-refractivity contribution in [3.05, 3.63) is 12.2 Å². The third kappa shape index (κ3) is 38.5. The van der Waals surface area contributed by atoms with Crippen LogP contribution in [0, 0.1) is 5.92 Å². The van der Waals surface area contributed by atoms with Crippen LogP contribution in [0.1, 0.15) is 200 Å². The minimum atomic E-state index is -0.653. The first-order valence-electron chi connectivity index (χ1n) is 19.3. The number of esters is 2. The number of allylic oxidation sites excluding steroid dienone is 1. The van der Waals surface area contributed by atoms with E-state index in [1.165, 1.54) is 154 Å². The molecule has 0 spiro atoms. The number of carboxylic acids is 1. The predicted molar refractivity (Wildman–Crippen MR) is 191 cm³/mol. The van der Waals surface area contributed by atoms with Gasteiger partial charge in [0.05, 0.1) is 25.6 Å². The van der Waals surface area contributed by atoms with Crippen LogP contribution in [-0.2, 0) is 19.1 Å². The smallest absolute Gasteiger partial charge is 0.321 e. The van der Waals surface area contributed by atoms with Gasteiger partial charge in [-0.05, 0) is 19.3 Å². The van der Waals surface area contributed by atoms with Gasteiger partial charge in [0.1, 0.15) is 0 Å². The first-order chi connectivity index (χ1) is 22.4. The Morgan fingerprint density at radius 2 is 0.957 bits per heavy atom. The molecule has 272 valence electrons. The molecule has 7 heteroatoms. The predicted octanol–water partition coefficient (Wildman–Crippen LogP) is 10.6. The van der Waals surface area contributed by atoms with Crippen LogP contribution in [0.25, 0.3) is 0 Å². The molecule has 1 saturated heterocycles. The van der Waals surface area contributed by atoms with E-state index in [-0.39, 0.29) is 31.5 Å². The average molecular weight is 655 g/mol. The van der Waals surface area contributed by atoms with Crippen LogP contribution in [0.15, 0.2) is 12.2 Å². The Balaban J connectivity index is 0. The number of cyclic esters (lactones) is 2. The molecule has 1 aliphatic heterocycles. The quantitative estimate of drug-likeness (QED) is 0.0305. The van der Waals surface area contributed by atoms with Gasteiger partial charge in [-0.3, -0.25) is 14.4 Å². The molecule has 0 aliphatic carbocycles. The minimum absolute atomic E-state index is 0.125. The van der Waals surface area contributed by atoms with E-state index < -0.39 is 11.9 Å². The van der Waals surface area contributed by atoms with E-state index in [4.69, 9.17) is 15.3 Å². The molecule has 0 aromatic carbocycles. The summed E-state index contributed by atoms with van der Waals surface area (Å²) >= 11 is 0. The molecular weight excluding hydrogens is 580 g/mol. The Hall–Kier alpha value is -1.73. The number of aliphatic carboxylic acids is 1. The molecule has 3 N–H and O–H groups in total. The van der Waals surface area contributed by atoms with Gasteiger partial charge >= 0.3 is 17.9 Å². The Morgan fingerprint density at radius 1 is 0.609 bits per heavy atom. The Morgan fingerprint density at radius 3 is 1.26 bits per heavy atom. The number of aliphatic hydroxyl groups excluding tert-OH is 2. The largest absolute Gasteiger partial charge is 0.481 e. The SMILES string of the molecule is CCCCCCCCCCCCCC=CC1CC(=O)OC1=O.CCCCCCCCCCCCCCCCCC(=O)O.OCCO. The zero-order chi connectivity index (χ0) is 34.4. The number of hydrogen-bond donors (Lipinski definition) is 3. The molecule has 1 rings (SSSR count). The molecule has 0 radical (unpaired) electrons. The topological polar surface area (TPSA) is 121 Å². The Bertz CT molecular complexity index is 690. The van der Waals surface area contributed by atoms with Gasteiger partial charge in [-0.25, -0.2) is 0 Å². The lowest BCUT2D eigenvalue weighted by atomic mass is 10.0. The highest BCUT2D eigenvalue weighted by Gasteiger charge is 2.30. The van der Waals surface area contributed by atoms with Gasteiger partial charge in [-0.1, -0.05) is 180 Å². The number of carboxylic acid groups (broad SMARTS) is 1. The van der Waals surface area contributed by atoms with Crippen molar-refractivity contribution in [2.75, 3.05) is 13.2 Å². The molecule has 46 heavy (non-hydrogen) atoms. The highest BCUT2D eigenvalue weighted by molar-refractivity contribution is 5.95. The molecule has 0 amide bonds. The monoisotopic (exact) mass is 655 g/mol. The fraction of sp³-hybridized carbons (Fsp3) is 0.872. The van der Waals surface area contributed by atoms with E-state index in [9.17, 15) is 14.4 Å². The van der Waals surface area contributed by atoms with Crippen molar-refractivity contribution < 1.29 is 34.4 Å². The van der Waals surface area contributed by atoms with Crippen LogP contribution < -0.4 is 0 Å². The summed E-state index contributed by atoms with van der Waals surface area (Å²) in [5.74, 6) is -1.77. The lowest BCUT2D eigenvalue weighted by Crippen LogP contribution is -2.03. The van der Waals surface area contributed by atoms with Gasteiger partial charge in [-0.15, -0.1) is 0 Å². The summed E-state index contributed by atoms with van der Waals surface area (Å²) in [5, 5.41) is 23.8. The summed E-state index contributed by atoms with van der Waals surface area (Å²) in [6.07, 6.45) is 40.1. The van der Waals surface area contributed by atoms with E-state index in [0.717, 1.165) is 19.3 Å². The van der Waals surface area contributed by atoms with E-state index in [1.807, 2.05) is 12.2 Å². The van der Waals surface area contributed by atoms with Crippen LogP contribution >= 0.6 is 0 Å². The number of ether oxygens (including phenoxy) is 1. The second-order valence-electron chi connectivity index (χ2n) is 12.9. The fourth-order valence-electron chi connectivity index (χ4n) is 5.47. The number of aliphatic hydroxyl groups is 2. The van der Waals surface area contributed by atoms with E-state index >= 15 is 0 Å². The van der Waals surface area contributed by atoms with Gasteiger partial charge in [0.25, 0.3) is 0 Å². The summed E-state index contributed by atoms with van der Waals surface area (Å²) in [6, 6.07) is 0. The van der Waals surface area contributed by atoms with Crippen molar-refractivity contribution in [1.82, 2.24) is 0 Å². The zero-order valence-electron chi connectivity index (χ0n) is 30.1. The fourth-order valence-corrected chi connectivity index (χ4v) is 5.47. The van der Waals surface area contributed by atoms with Gasteiger partial charge in [-0.2, -0.15) is 0 Å². The number of carbonyl (C=O) groups excluding carboxylic acids is 2. The lowest BCUT2D eigenvalue weighted by Gasteiger charge is -2.03. The maximum atomic E-state index is 11.2. The Kier molecular flexibility index (Phi) is 39.8. The molecule has 0 bridgehead atoms. The standard InChI is InChI=1S/C19H32O3.C18H36O2.C2H6O2/c1-2-3-4-5-6-7-8-9-10-11-12-13-14-15-17-16-18(20)22-19(17)21;1-2-3-4-5-6-7-8-9-10-11-12-13-14-15-16-17-18(19)20;3-1-2-4/h14-15,17H,2-13,16H2,1H3;2-17H2,1H3,(H,19,20);3-4H,1-2H2. The first-order valence-corrected chi connectivity index (χ1v) is 19.3. The van der Waals surface area contributed by atoms with Crippen molar-refractivity contribution in [2.24, 2.45) is 5.92 Å². The summed E-state index contributed by atoms with van der Waals surface area (Å²) in [4.78, 5) is 32.5. The number of hydrogen-bond acceptors (Lipinski definition) is 6. The molecule has 0 saturated carbocycles. The normalized spacial score (nSPS) is 14.1. The van der Waals surface area contributed by atoms with E-state index in [0.29, 0.717) is 6.42 Å². The van der Waals surface area contributed by atoms with Crippen molar-refractivity contribution >= 4 is 17.9 Å². The van der Waals surface area contributed by atoms with Crippen LogP contribution in [0.5, 0.6) is 0 Å². The zero-order valence-corrected chi connectivity index (χ0v) is 30.1. The molecular formula is C39H74O7. The number of unbranched alkanes of at least 4 members (excludes halogenated alkanes) is 25. The summed E-state index contributed by atoms with van der Waals surface area (Å²) in [6.45, 7) is 4.28. The third-order valence-corrected chi connectivity index (χ3v) is 8.34. The second kappa shape index (κ2) is 39.4. The van der Waals surface area contributed by atoms with Gasteiger partial charge in [0.2, 0.25) is 0 Å². The summed E-state index contributed by atoms with van der Waals surface area (Å²) in [7, 11) is 0. The van der Waals surface area contributed by atoms with Crippen molar-refractivity contribution in [1.29, 1.82) is 0 Å². The molecule has 0 aromatic heterocycles. The van der Waals surface area contributed by atoms with Gasteiger partial charge < -0.3 is 20.1 Å². The van der Waals surface area contributed by atoms with E-state index in [2.05, 4.69) is 18.6 Å². The molecule has 7 nitrogen and oxygen atoms in total. The van der Waals surface area contributed by atoms with Crippen LogP contribution in [0.3, 0.4) is 0 Å². The minimum Gasteiger partial charge on any atom is -0.481 e. The Labute approximate surface area is 283 Å². The van der Waals surface area contributed by atoms with Crippen molar-refractivity contribution in [3.63, 3.8) is 0 Å². The highest BCUT2D eigenvalue weighted by atomic mass is 16.6. The number of rotatable bonds is 30. The summed E-state index contributed by atoms with van der Waals surface area (Å²) in [5.41, 5.74) is 0. The highest BCUT2D eigenvalue weighted by Crippen LogP contribution is 2.18. The maximum Gasteiger partial charge on any atom is 0.321 e. The van der Waals surface area contributed by atoms with Gasteiger partial charge in [0, 0.05) is 6.42 Å². The van der Waals surface area contributed by atoms with Crippen molar-refractivity contribution in [3.8, 4) is 0 Å². The van der Waals surface area contributed by atoms with E-state index in [1.54, 1.807) is 0 Å². The summed E-state index contributed by atoms with van der Waals surface area (Å²) < 4.78 is 4.51. The van der Waals surface area contributed by atoms with Crippen LogP contribution in [0.2, 0.25) is 0 Å². The molecule has 1 aliphatic rings. The van der Waals surface area contributed by atoms with Crippen LogP contribution in [-0.4, -0.2) is 46.4 Å². The van der Waals surface area contributed by atoms with Gasteiger partial charge in [0.15, 0.2) is 0 Å².